The Morgan fingerprint density at radius 1 is 1.38 bits per heavy atom. The molecule has 0 bridgehead atoms. The van der Waals surface area contributed by atoms with E-state index in [1.807, 2.05) is 24.3 Å². The monoisotopic (exact) mass is 235 g/mol. The molecule has 0 radical (unpaired) electrons. The molecule has 0 amide bonds. The third-order valence-electron chi connectivity index (χ3n) is 2.50. The quantitative estimate of drug-likeness (QED) is 0.635. The van der Waals surface area contributed by atoms with Gasteiger partial charge in [0.25, 0.3) is 0 Å². The molecule has 0 saturated heterocycles. The molecule has 2 aromatic rings. The number of hydrogen-bond donors (Lipinski definition) is 2. The van der Waals surface area contributed by atoms with Crippen LogP contribution >= 0.6 is 11.6 Å². The Balaban J connectivity index is 2.60. The van der Waals surface area contributed by atoms with Gasteiger partial charge in [0.1, 0.15) is 0 Å². The van der Waals surface area contributed by atoms with Crippen molar-refractivity contribution in [2.75, 3.05) is 5.43 Å². The summed E-state index contributed by atoms with van der Waals surface area (Å²) < 4.78 is 0. The van der Waals surface area contributed by atoms with Crippen LogP contribution in [0, 0.1) is 0 Å². The fraction of sp³-hybridized carbons (Fsp3) is 0.250. The number of benzene rings is 1. The number of halogens is 1. The van der Waals surface area contributed by atoms with Crippen LogP contribution < -0.4 is 11.3 Å². The maximum Gasteiger partial charge on any atom is 0.0721 e. The van der Waals surface area contributed by atoms with Crippen molar-refractivity contribution >= 4 is 28.2 Å². The molecule has 0 aliphatic carbocycles. The summed E-state index contributed by atoms with van der Waals surface area (Å²) >= 11 is 5.94. The van der Waals surface area contributed by atoms with Gasteiger partial charge in [-0.25, -0.2) is 0 Å². The van der Waals surface area contributed by atoms with Gasteiger partial charge < -0.3 is 5.43 Å². The minimum Gasteiger partial charge on any atom is -0.322 e. The Morgan fingerprint density at radius 3 is 2.88 bits per heavy atom. The van der Waals surface area contributed by atoms with Gasteiger partial charge in [0, 0.05) is 10.4 Å². The highest BCUT2D eigenvalue weighted by molar-refractivity contribution is 6.31. The number of nitrogens with one attached hydrogen (secondary N) is 1. The lowest BCUT2D eigenvalue weighted by Gasteiger charge is -2.09. The largest absolute Gasteiger partial charge is 0.322 e. The second kappa shape index (κ2) is 4.68. The van der Waals surface area contributed by atoms with Crippen molar-refractivity contribution < 1.29 is 0 Å². The van der Waals surface area contributed by atoms with E-state index in [9.17, 15) is 0 Å². The van der Waals surface area contributed by atoms with E-state index in [1.54, 1.807) is 0 Å². The molecule has 0 fully saturated rings. The van der Waals surface area contributed by atoms with E-state index in [0.29, 0.717) is 5.02 Å². The topological polar surface area (TPSA) is 50.9 Å². The van der Waals surface area contributed by atoms with Crippen LogP contribution in [0.1, 0.15) is 19.0 Å². The number of rotatable bonds is 3. The molecule has 0 aliphatic rings. The summed E-state index contributed by atoms with van der Waals surface area (Å²) in [5.41, 5.74) is 5.48. The van der Waals surface area contributed by atoms with Crippen LogP contribution in [0.5, 0.6) is 0 Å². The fourth-order valence-corrected chi connectivity index (χ4v) is 1.90. The summed E-state index contributed by atoms with van der Waals surface area (Å²) in [5, 5.41) is 1.74. The van der Waals surface area contributed by atoms with Crippen molar-refractivity contribution in [2.45, 2.75) is 19.8 Å². The van der Waals surface area contributed by atoms with Crippen LogP contribution in [0.15, 0.2) is 24.3 Å². The summed E-state index contributed by atoms with van der Waals surface area (Å²) in [4.78, 5) is 4.57. The lowest BCUT2D eigenvalue weighted by Crippen LogP contribution is -2.10. The molecule has 4 heteroatoms. The average molecular weight is 236 g/mol. The first-order valence-electron chi connectivity index (χ1n) is 5.30. The predicted octanol–water partition coefficient (Wildman–Crippen LogP) is 3.13. The first kappa shape index (κ1) is 11.2. The Labute approximate surface area is 99.6 Å². The van der Waals surface area contributed by atoms with Crippen molar-refractivity contribution in [3.8, 4) is 0 Å². The first-order valence-corrected chi connectivity index (χ1v) is 5.68. The van der Waals surface area contributed by atoms with E-state index in [-0.39, 0.29) is 0 Å². The van der Waals surface area contributed by atoms with Gasteiger partial charge in [-0.3, -0.25) is 10.8 Å². The molecule has 0 atom stereocenters. The zero-order chi connectivity index (χ0) is 11.5. The Kier molecular flexibility index (Phi) is 3.27. The van der Waals surface area contributed by atoms with Gasteiger partial charge in [-0.2, -0.15) is 0 Å². The predicted molar refractivity (Wildman–Crippen MR) is 68.6 cm³/mol. The van der Waals surface area contributed by atoms with Crippen molar-refractivity contribution in [1.29, 1.82) is 0 Å². The maximum atomic E-state index is 5.94. The third kappa shape index (κ3) is 2.10. The smallest absolute Gasteiger partial charge is 0.0721 e. The summed E-state index contributed by atoms with van der Waals surface area (Å²) in [5.74, 6) is 5.49. The Hall–Kier alpha value is -1.32. The molecule has 3 N–H and O–H groups in total. The van der Waals surface area contributed by atoms with Crippen LogP contribution in [-0.2, 0) is 6.42 Å². The number of pyridine rings is 1. The molecule has 0 unspecified atom stereocenters. The van der Waals surface area contributed by atoms with Crippen LogP contribution in [-0.4, -0.2) is 4.98 Å². The van der Waals surface area contributed by atoms with E-state index in [1.165, 1.54) is 0 Å². The number of nitrogens with zero attached hydrogens (tertiary/aromatic N) is 1. The highest BCUT2D eigenvalue weighted by Crippen LogP contribution is 2.23. The van der Waals surface area contributed by atoms with E-state index in [0.717, 1.165) is 35.1 Å². The number of nitrogen functional groups attached to an aromatic ring is 1. The number of anilines is 1. The number of hydrazine groups is 1. The highest BCUT2D eigenvalue weighted by atomic mass is 35.5. The van der Waals surface area contributed by atoms with Crippen LogP contribution in [0.4, 0.5) is 5.69 Å². The normalized spacial score (nSPS) is 10.7. The van der Waals surface area contributed by atoms with Gasteiger partial charge in [0.05, 0.1) is 16.9 Å². The molecule has 1 aromatic heterocycles. The zero-order valence-electron chi connectivity index (χ0n) is 9.13. The summed E-state index contributed by atoms with van der Waals surface area (Å²) in [6, 6.07) is 7.67. The third-order valence-corrected chi connectivity index (χ3v) is 2.74. The summed E-state index contributed by atoms with van der Waals surface area (Å²) in [6.45, 7) is 2.12. The van der Waals surface area contributed by atoms with Crippen LogP contribution in [0.3, 0.4) is 0 Å². The first-order chi connectivity index (χ1) is 7.74. The minimum absolute atomic E-state index is 0.705. The fourth-order valence-electron chi connectivity index (χ4n) is 1.73. The second-order valence-corrected chi connectivity index (χ2v) is 4.15. The van der Waals surface area contributed by atoms with Gasteiger partial charge in [-0.05, 0) is 24.6 Å². The second-order valence-electron chi connectivity index (χ2n) is 3.71. The molecule has 0 aliphatic heterocycles. The Bertz CT molecular complexity index is 511. The van der Waals surface area contributed by atoms with Crippen molar-refractivity contribution in [3.63, 3.8) is 0 Å². The van der Waals surface area contributed by atoms with E-state index in [2.05, 4.69) is 17.3 Å². The average Bonchev–Trinajstić information content (AvgIpc) is 2.28. The number of fused-ring (bicyclic) bond motifs is 1. The standard InChI is InChI=1S/C12H14ClN3/c1-2-3-10-12(16-14)6-8-4-5-9(13)7-11(8)15-10/h4-7,16H,2-3,14H2,1H3. The molecular formula is C12H14ClN3. The molecule has 3 nitrogen and oxygen atoms in total. The number of aromatic nitrogens is 1. The van der Waals surface area contributed by atoms with Gasteiger partial charge >= 0.3 is 0 Å². The molecule has 0 saturated carbocycles. The lowest BCUT2D eigenvalue weighted by molar-refractivity contribution is 0.890. The summed E-state index contributed by atoms with van der Waals surface area (Å²) in [7, 11) is 0. The minimum atomic E-state index is 0.705. The lowest BCUT2D eigenvalue weighted by atomic mass is 10.1. The highest BCUT2D eigenvalue weighted by Gasteiger charge is 2.05. The number of aryl methyl sites for hydroxylation is 1. The molecule has 16 heavy (non-hydrogen) atoms. The molecular weight excluding hydrogens is 222 g/mol. The molecule has 2 rings (SSSR count). The van der Waals surface area contributed by atoms with Crippen molar-refractivity contribution in [2.24, 2.45) is 5.84 Å². The van der Waals surface area contributed by atoms with Crippen molar-refractivity contribution in [1.82, 2.24) is 4.98 Å². The van der Waals surface area contributed by atoms with Gasteiger partial charge in [0.15, 0.2) is 0 Å². The Morgan fingerprint density at radius 2 is 2.19 bits per heavy atom. The number of hydrogen-bond acceptors (Lipinski definition) is 3. The molecule has 1 aromatic carbocycles. The van der Waals surface area contributed by atoms with Crippen LogP contribution in [0.2, 0.25) is 5.02 Å². The van der Waals surface area contributed by atoms with Gasteiger partial charge in [-0.1, -0.05) is 31.0 Å². The van der Waals surface area contributed by atoms with Gasteiger partial charge in [0.2, 0.25) is 0 Å². The van der Waals surface area contributed by atoms with E-state index < -0.39 is 0 Å². The van der Waals surface area contributed by atoms with Crippen LogP contribution in [0.25, 0.3) is 10.9 Å². The van der Waals surface area contributed by atoms with Gasteiger partial charge in [-0.15, -0.1) is 0 Å². The van der Waals surface area contributed by atoms with E-state index >= 15 is 0 Å². The SMILES string of the molecule is CCCc1nc2cc(Cl)ccc2cc1NN. The van der Waals surface area contributed by atoms with Crippen molar-refractivity contribution in [3.05, 3.63) is 35.0 Å². The summed E-state index contributed by atoms with van der Waals surface area (Å²) in [6.07, 6.45) is 1.94. The molecule has 1 heterocycles. The molecule has 84 valence electrons. The number of nitrogens with two attached hydrogens (primary N) is 1. The van der Waals surface area contributed by atoms with E-state index in [4.69, 9.17) is 17.4 Å². The molecule has 0 spiro atoms. The maximum absolute atomic E-state index is 5.94. The zero-order valence-corrected chi connectivity index (χ0v) is 9.88.